The van der Waals surface area contributed by atoms with Crippen molar-refractivity contribution in [2.24, 2.45) is 0 Å². The number of fused-ring (bicyclic) bond motifs is 2. The van der Waals surface area contributed by atoms with E-state index in [1.807, 2.05) is 32.0 Å². The SMILES string of the molecule is Cc1ncc(C)n2nc(-c3ccc4nc(-c5cccc(F)n5)[nH]c4c3)nc12. The van der Waals surface area contributed by atoms with Crippen molar-refractivity contribution in [3.63, 3.8) is 0 Å². The molecule has 0 saturated carbocycles. The van der Waals surface area contributed by atoms with E-state index < -0.39 is 5.95 Å². The predicted octanol–water partition coefficient (Wildman–Crippen LogP) is 3.49. The average Bonchev–Trinajstić information content (AvgIpc) is 3.29. The molecule has 0 fully saturated rings. The summed E-state index contributed by atoms with van der Waals surface area (Å²) in [6, 6.07) is 10.3. The highest BCUT2D eigenvalue weighted by molar-refractivity contribution is 5.83. The lowest BCUT2D eigenvalue weighted by atomic mass is 10.2. The summed E-state index contributed by atoms with van der Waals surface area (Å²) in [5, 5.41) is 4.60. The normalized spacial score (nSPS) is 11.5. The van der Waals surface area contributed by atoms with Crippen LogP contribution in [0.3, 0.4) is 0 Å². The first-order valence-corrected chi connectivity index (χ1v) is 8.40. The molecule has 132 valence electrons. The van der Waals surface area contributed by atoms with Crippen LogP contribution in [-0.2, 0) is 0 Å². The highest BCUT2D eigenvalue weighted by Crippen LogP contribution is 2.24. The maximum Gasteiger partial charge on any atom is 0.213 e. The molecule has 7 nitrogen and oxygen atoms in total. The number of benzene rings is 1. The number of nitrogens with zero attached hydrogens (tertiary/aromatic N) is 6. The molecule has 0 radical (unpaired) electrons. The molecule has 8 heteroatoms. The van der Waals surface area contributed by atoms with E-state index in [1.165, 1.54) is 6.07 Å². The molecule has 0 aliphatic rings. The van der Waals surface area contributed by atoms with Gasteiger partial charge in [-0.25, -0.2) is 19.5 Å². The van der Waals surface area contributed by atoms with Crippen molar-refractivity contribution in [3.05, 3.63) is 59.9 Å². The summed E-state index contributed by atoms with van der Waals surface area (Å²) < 4.78 is 15.2. The number of hydrogen-bond acceptors (Lipinski definition) is 5. The number of aromatic nitrogens is 7. The van der Waals surface area contributed by atoms with Gasteiger partial charge in [0, 0.05) is 11.8 Å². The van der Waals surface area contributed by atoms with Crippen LogP contribution in [0.2, 0.25) is 0 Å². The third kappa shape index (κ3) is 2.53. The molecular formula is C19H14FN7. The molecule has 5 rings (SSSR count). The van der Waals surface area contributed by atoms with Crippen LogP contribution in [0.5, 0.6) is 0 Å². The lowest BCUT2D eigenvalue weighted by Crippen LogP contribution is -1.97. The minimum absolute atomic E-state index is 0.455. The zero-order chi connectivity index (χ0) is 18.5. The summed E-state index contributed by atoms with van der Waals surface area (Å²) in [5.41, 5.74) is 5.34. The van der Waals surface area contributed by atoms with E-state index in [0.29, 0.717) is 17.3 Å². The van der Waals surface area contributed by atoms with Gasteiger partial charge >= 0.3 is 0 Å². The largest absolute Gasteiger partial charge is 0.337 e. The first-order chi connectivity index (χ1) is 13.1. The number of H-pyrrole nitrogens is 1. The van der Waals surface area contributed by atoms with Crippen LogP contribution in [-0.4, -0.2) is 34.5 Å². The predicted molar refractivity (Wildman–Crippen MR) is 98.5 cm³/mol. The molecule has 0 spiro atoms. The quantitative estimate of drug-likeness (QED) is 0.488. The van der Waals surface area contributed by atoms with Crippen LogP contribution in [0.15, 0.2) is 42.6 Å². The van der Waals surface area contributed by atoms with Crippen molar-refractivity contribution in [3.8, 4) is 22.9 Å². The smallest absolute Gasteiger partial charge is 0.213 e. The Balaban J connectivity index is 1.63. The number of hydrogen-bond donors (Lipinski definition) is 1. The number of aromatic amines is 1. The Hall–Kier alpha value is -3.68. The molecule has 5 aromatic rings. The van der Waals surface area contributed by atoms with Crippen molar-refractivity contribution in [1.29, 1.82) is 0 Å². The van der Waals surface area contributed by atoms with E-state index in [9.17, 15) is 4.39 Å². The Bertz CT molecular complexity index is 1280. The van der Waals surface area contributed by atoms with E-state index >= 15 is 0 Å². The van der Waals surface area contributed by atoms with Crippen molar-refractivity contribution >= 4 is 16.7 Å². The molecule has 1 aromatic carbocycles. The Kier molecular flexibility index (Phi) is 3.27. The summed E-state index contributed by atoms with van der Waals surface area (Å²) in [5.74, 6) is 0.582. The van der Waals surface area contributed by atoms with Crippen LogP contribution in [0.4, 0.5) is 4.39 Å². The lowest BCUT2D eigenvalue weighted by Gasteiger charge is -1.97. The first kappa shape index (κ1) is 15.6. The van der Waals surface area contributed by atoms with E-state index in [-0.39, 0.29) is 0 Å². The molecule has 4 aromatic heterocycles. The molecule has 0 aliphatic carbocycles. The van der Waals surface area contributed by atoms with Crippen LogP contribution < -0.4 is 0 Å². The number of halogens is 1. The molecule has 0 aliphatic heterocycles. The Morgan fingerprint density at radius 3 is 2.74 bits per heavy atom. The van der Waals surface area contributed by atoms with Crippen molar-refractivity contribution in [2.75, 3.05) is 0 Å². The van der Waals surface area contributed by atoms with Gasteiger partial charge in [-0.2, -0.15) is 4.39 Å². The fourth-order valence-electron chi connectivity index (χ4n) is 3.03. The second-order valence-corrected chi connectivity index (χ2v) is 6.32. The lowest BCUT2D eigenvalue weighted by molar-refractivity contribution is 0.585. The van der Waals surface area contributed by atoms with Gasteiger partial charge < -0.3 is 4.98 Å². The van der Waals surface area contributed by atoms with Gasteiger partial charge in [0.2, 0.25) is 5.95 Å². The van der Waals surface area contributed by atoms with Gasteiger partial charge in [0.25, 0.3) is 0 Å². The molecule has 4 heterocycles. The summed E-state index contributed by atoms with van der Waals surface area (Å²) in [6.07, 6.45) is 1.77. The molecular weight excluding hydrogens is 345 g/mol. The number of rotatable bonds is 2. The monoisotopic (exact) mass is 359 g/mol. The van der Waals surface area contributed by atoms with E-state index in [4.69, 9.17) is 0 Å². The first-order valence-electron chi connectivity index (χ1n) is 8.40. The Morgan fingerprint density at radius 2 is 1.93 bits per heavy atom. The van der Waals surface area contributed by atoms with Crippen molar-refractivity contribution < 1.29 is 4.39 Å². The number of aryl methyl sites for hydroxylation is 2. The molecule has 0 amide bonds. The zero-order valence-corrected chi connectivity index (χ0v) is 14.6. The fraction of sp³-hybridized carbons (Fsp3) is 0.105. The molecule has 27 heavy (non-hydrogen) atoms. The van der Waals surface area contributed by atoms with Gasteiger partial charge in [-0.15, -0.1) is 5.10 Å². The second kappa shape index (κ2) is 5.66. The minimum Gasteiger partial charge on any atom is -0.337 e. The maximum absolute atomic E-state index is 13.4. The molecule has 1 N–H and O–H groups in total. The van der Waals surface area contributed by atoms with Crippen LogP contribution in [0.25, 0.3) is 39.6 Å². The van der Waals surface area contributed by atoms with Gasteiger partial charge in [0.1, 0.15) is 5.69 Å². The van der Waals surface area contributed by atoms with E-state index in [2.05, 4.69) is 30.0 Å². The standard InChI is InChI=1S/C19H14FN7/c1-10-9-21-11(2)19-25-17(26-27(10)19)12-6-7-13-15(8-12)24-18(23-13)14-4-3-5-16(20)22-14/h3-9H,1-2H3,(H,23,24). The van der Waals surface area contributed by atoms with Gasteiger partial charge in [-0.05, 0) is 44.2 Å². The topological polar surface area (TPSA) is 84.6 Å². The maximum atomic E-state index is 13.4. The van der Waals surface area contributed by atoms with Gasteiger partial charge in [0.15, 0.2) is 17.3 Å². The van der Waals surface area contributed by atoms with E-state index in [0.717, 1.165) is 33.6 Å². The van der Waals surface area contributed by atoms with Crippen LogP contribution in [0, 0.1) is 19.8 Å². The zero-order valence-electron chi connectivity index (χ0n) is 14.6. The van der Waals surface area contributed by atoms with Gasteiger partial charge in [-0.3, -0.25) is 4.98 Å². The third-order valence-electron chi connectivity index (χ3n) is 4.41. The average molecular weight is 359 g/mol. The van der Waals surface area contributed by atoms with Crippen LogP contribution in [0.1, 0.15) is 11.4 Å². The highest BCUT2D eigenvalue weighted by atomic mass is 19.1. The summed E-state index contributed by atoms with van der Waals surface area (Å²) >= 11 is 0. The van der Waals surface area contributed by atoms with Gasteiger partial charge in [0.05, 0.1) is 22.4 Å². The Morgan fingerprint density at radius 1 is 1.04 bits per heavy atom. The second-order valence-electron chi connectivity index (χ2n) is 6.32. The third-order valence-corrected chi connectivity index (χ3v) is 4.41. The molecule has 0 unspecified atom stereocenters. The van der Waals surface area contributed by atoms with Gasteiger partial charge in [-0.1, -0.05) is 6.07 Å². The minimum atomic E-state index is -0.540. The Labute approximate surface area is 153 Å². The fourth-order valence-corrected chi connectivity index (χ4v) is 3.03. The molecule has 0 saturated heterocycles. The summed E-state index contributed by atoms with van der Waals surface area (Å²) in [6.45, 7) is 3.85. The highest BCUT2D eigenvalue weighted by Gasteiger charge is 2.13. The molecule has 0 bridgehead atoms. The summed E-state index contributed by atoms with van der Waals surface area (Å²) in [4.78, 5) is 20.5. The number of pyridine rings is 1. The number of nitrogens with one attached hydrogen (secondary N) is 1. The molecule has 0 atom stereocenters. The number of imidazole rings is 1. The van der Waals surface area contributed by atoms with E-state index in [1.54, 1.807) is 22.8 Å². The summed E-state index contributed by atoms with van der Waals surface area (Å²) in [7, 11) is 0. The van der Waals surface area contributed by atoms with Crippen molar-refractivity contribution in [1.82, 2.24) is 34.5 Å². The van der Waals surface area contributed by atoms with Crippen molar-refractivity contribution in [2.45, 2.75) is 13.8 Å². The van der Waals surface area contributed by atoms with Crippen LogP contribution >= 0.6 is 0 Å².